The average molecular weight is 241 g/mol. The van der Waals surface area contributed by atoms with Gasteiger partial charge in [0, 0.05) is 6.42 Å². The minimum absolute atomic E-state index is 0.00823. The van der Waals surface area contributed by atoms with Crippen LogP contribution >= 0.6 is 0 Å². The molecule has 0 bridgehead atoms. The van der Waals surface area contributed by atoms with Gasteiger partial charge >= 0.3 is 5.97 Å². The SMILES string of the molecule is CCCC1(C(=O)OC2CCOC2)CCNCC1. The highest BCUT2D eigenvalue weighted by Gasteiger charge is 2.41. The van der Waals surface area contributed by atoms with E-state index in [4.69, 9.17) is 9.47 Å². The van der Waals surface area contributed by atoms with Crippen LogP contribution in [0.2, 0.25) is 0 Å². The Morgan fingerprint density at radius 1 is 1.47 bits per heavy atom. The monoisotopic (exact) mass is 241 g/mol. The standard InChI is InChI=1S/C13H23NO3/c1-2-4-13(5-7-14-8-6-13)12(15)17-11-3-9-16-10-11/h11,14H,2-10H2,1H3. The van der Waals surface area contributed by atoms with Crippen molar-refractivity contribution in [2.45, 2.75) is 45.1 Å². The van der Waals surface area contributed by atoms with Crippen molar-refractivity contribution < 1.29 is 14.3 Å². The van der Waals surface area contributed by atoms with Gasteiger partial charge in [0.25, 0.3) is 0 Å². The summed E-state index contributed by atoms with van der Waals surface area (Å²) in [6, 6.07) is 0. The van der Waals surface area contributed by atoms with E-state index in [1.807, 2.05) is 0 Å². The van der Waals surface area contributed by atoms with Crippen molar-refractivity contribution >= 4 is 5.97 Å². The zero-order valence-corrected chi connectivity index (χ0v) is 10.7. The molecule has 0 aromatic heterocycles. The van der Waals surface area contributed by atoms with E-state index in [2.05, 4.69) is 12.2 Å². The summed E-state index contributed by atoms with van der Waals surface area (Å²) in [5.41, 5.74) is -0.234. The highest BCUT2D eigenvalue weighted by molar-refractivity contribution is 5.77. The Hall–Kier alpha value is -0.610. The maximum atomic E-state index is 12.4. The highest BCUT2D eigenvalue weighted by Crippen LogP contribution is 2.36. The van der Waals surface area contributed by atoms with Gasteiger partial charge in [-0.05, 0) is 32.4 Å². The molecule has 0 amide bonds. The van der Waals surface area contributed by atoms with Gasteiger partial charge in [-0.1, -0.05) is 13.3 Å². The van der Waals surface area contributed by atoms with Gasteiger partial charge in [0.1, 0.15) is 6.10 Å². The van der Waals surface area contributed by atoms with E-state index in [0.717, 1.165) is 51.8 Å². The molecule has 4 nitrogen and oxygen atoms in total. The zero-order chi connectivity index (χ0) is 12.1. The first-order valence-corrected chi connectivity index (χ1v) is 6.76. The minimum Gasteiger partial charge on any atom is -0.459 e. The lowest BCUT2D eigenvalue weighted by Gasteiger charge is -2.35. The molecule has 1 unspecified atom stereocenters. The van der Waals surface area contributed by atoms with E-state index in [9.17, 15) is 4.79 Å². The van der Waals surface area contributed by atoms with E-state index in [0.29, 0.717) is 6.61 Å². The van der Waals surface area contributed by atoms with Crippen LogP contribution in [0.5, 0.6) is 0 Å². The Labute approximate surface area is 103 Å². The highest BCUT2D eigenvalue weighted by atomic mass is 16.6. The van der Waals surface area contributed by atoms with Gasteiger partial charge in [0.15, 0.2) is 0 Å². The Kier molecular flexibility index (Phi) is 4.40. The molecule has 2 rings (SSSR count). The Balaban J connectivity index is 1.96. The minimum atomic E-state index is -0.234. The number of hydrogen-bond donors (Lipinski definition) is 1. The number of ether oxygens (including phenoxy) is 2. The Bertz CT molecular complexity index is 250. The molecule has 0 radical (unpaired) electrons. The maximum absolute atomic E-state index is 12.4. The van der Waals surface area contributed by atoms with Crippen molar-refractivity contribution in [2.75, 3.05) is 26.3 Å². The summed E-state index contributed by atoms with van der Waals surface area (Å²) in [5, 5.41) is 3.31. The molecule has 0 spiro atoms. The van der Waals surface area contributed by atoms with Crippen LogP contribution in [0.1, 0.15) is 39.0 Å². The fraction of sp³-hybridized carbons (Fsp3) is 0.923. The molecule has 1 atom stereocenters. The summed E-state index contributed by atoms with van der Waals surface area (Å²) in [4.78, 5) is 12.4. The smallest absolute Gasteiger partial charge is 0.312 e. The van der Waals surface area contributed by atoms with Gasteiger partial charge in [0.05, 0.1) is 18.6 Å². The van der Waals surface area contributed by atoms with Crippen LogP contribution in [0.4, 0.5) is 0 Å². The summed E-state index contributed by atoms with van der Waals surface area (Å²) in [6.45, 7) is 5.29. The van der Waals surface area contributed by atoms with Gasteiger partial charge in [0.2, 0.25) is 0 Å². The normalized spacial score (nSPS) is 27.9. The third kappa shape index (κ3) is 2.99. The molecule has 2 heterocycles. The lowest BCUT2D eigenvalue weighted by atomic mass is 9.75. The van der Waals surface area contributed by atoms with Crippen LogP contribution in [0, 0.1) is 5.41 Å². The van der Waals surface area contributed by atoms with E-state index in [1.54, 1.807) is 0 Å². The summed E-state index contributed by atoms with van der Waals surface area (Å²) in [6.07, 6.45) is 4.65. The largest absolute Gasteiger partial charge is 0.459 e. The number of nitrogens with one attached hydrogen (secondary N) is 1. The lowest BCUT2D eigenvalue weighted by Crippen LogP contribution is -2.44. The summed E-state index contributed by atoms with van der Waals surface area (Å²) >= 11 is 0. The van der Waals surface area contributed by atoms with Crippen molar-refractivity contribution in [1.29, 1.82) is 0 Å². The first kappa shape index (κ1) is 12.8. The molecule has 2 aliphatic heterocycles. The third-order valence-corrected chi connectivity index (χ3v) is 3.88. The maximum Gasteiger partial charge on any atom is 0.312 e. The summed E-state index contributed by atoms with van der Waals surface area (Å²) in [5.74, 6) is 0.0105. The predicted octanol–water partition coefficient (Wildman–Crippen LogP) is 1.49. The van der Waals surface area contributed by atoms with Gasteiger partial charge in [-0.25, -0.2) is 0 Å². The molecule has 2 aliphatic rings. The van der Waals surface area contributed by atoms with Gasteiger partial charge in [-0.2, -0.15) is 0 Å². The van der Waals surface area contributed by atoms with Gasteiger partial charge in [-0.15, -0.1) is 0 Å². The second kappa shape index (κ2) is 5.83. The van der Waals surface area contributed by atoms with Gasteiger partial charge < -0.3 is 14.8 Å². The van der Waals surface area contributed by atoms with Gasteiger partial charge in [-0.3, -0.25) is 4.79 Å². The number of rotatable bonds is 4. The van der Waals surface area contributed by atoms with Crippen LogP contribution in [0.15, 0.2) is 0 Å². The van der Waals surface area contributed by atoms with Crippen molar-refractivity contribution in [1.82, 2.24) is 5.32 Å². The first-order valence-electron chi connectivity index (χ1n) is 6.76. The van der Waals surface area contributed by atoms with Crippen molar-refractivity contribution in [3.63, 3.8) is 0 Å². The average Bonchev–Trinajstić information content (AvgIpc) is 2.83. The summed E-state index contributed by atoms with van der Waals surface area (Å²) < 4.78 is 10.9. The molecule has 2 fully saturated rings. The molecule has 0 saturated carbocycles. The Morgan fingerprint density at radius 3 is 2.82 bits per heavy atom. The number of hydrogen-bond acceptors (Lipinski definition) is 4. The second-order valence-electron chi connectivity index (χ2n) is 5.17. The molecule has 17 heavy (non-hydrogen) atoms. The molecule has 0 aromatic carbocycles. The van der Waals surface area contributed by atoms with Crippen LogP contribution in [0.25, 0.3) is 0 Å². The molecule has 98 valence electrons. The zero-order valence-electron chi connectivity index (χ0n) is 10.7. The van der Waals surface area contributed by atoms with Crippen molar-refractivity contribution in [3.8, 4) is 0 Å². The van der Waals surface area contributed by atoms with E-state index in [-0.39, 0.29) is 17.5 Å². The lowest BCUT2D eigenvalue weighted by molar-refractivity contribution is -0.164. The first-order chi connectivity index (χ1) is 8.27. The topological polar surface area (TPSA) is 47.6 Å². The van der Waals surface area contributed by atoms with E-state index in [1.165, 1.54) is 0 Å². The Morgan fingerprint density at radius 2 is 2.24 bits per heavy atom. The van der Waals surface area contributed by atoms with Crippen LogP contribution in [-0.4, -0.2) is 38.4 Å². The fourth-order valence-corrected chi connectivity index (χ4v) is 2.82. The molecule has 2 saturated heterocycles. The number of piperidine rings is 1. The molecule has 4 heteroatoms. The number of esters is 1. The van der Waals surface area contributed by atoms with E-state index >= 15 is 0 Å². The van der Waals surface area contributed by atoms with Crippen molar-refractivity contribution in [2.24, 2.45) is 5.41 Å². The molecule has 0 aromatic rings. The number of carbonyl (C=O) groups is 1. The second-order valence-corrected chi connectivity index (χ2v) is 5.17. The summed E-state index contributed by atoms with van der Waals surface area (Å²) in [7, 11) is 0. The quantitative estimate of drug-likeness (QED) is 0.758. The molecule has 0 aliphatic carbocycles. The van der Waals surface area contributed by atoms with E-state index < -0.39 is 0 Å². The fourth-order valence-electron chi connectivity index (χ4n) is 2.82. The molecular formula is C13H23NO3. The molecule has 1 N–H and O–H groups in total. The third-order valence-electron chi connectivity index (χ3n) is 3.88. The van der Waals surface area contributed by atoms with Crippen LogP contribution in [-0.2, 0) is 14.3 Å². The van der Waals surface area contributed by atoms with Crippen LogP contribution in [0.3, 0.4) is 0 Å². The predicted molar refractivity (Wildman–Crippen MR) is 64.8 cm³/mol. The van der Waals surface area contributed by atoms with Crippen LogP contribution < -0.4 is 5.32 Å². The number of carbonyl (C=O) groups excluding carboxylic acids is 1. The molecular weight excluding hydrogens is 218 g/mol. The van der Waals surface area contributed by atoms with Crippen molar-refractivity contribution in [3.05, 3.63) is 0 Å².